The van der Waals surface area contributed by atoms with Crippen LogP contribution in [0.3, 0.4) is 0 Å². The van der Waals surface area contributed by atoms with E-state index >= 15 is 0 Å². The smallest absolute Gasteiger partial charge is 0.290 e. The topological polar surface area (TPSA) is 66.2 Å². The third-order valence-electron chi connectivity index (χ3n) is 5.61. The molecule has 1 aromatic heterocycles. The minimum atomic E-state index is -1.77. The van der Waals surface area contributed by atoms with E-state index in [1.807, 2.05) is 37.3 Å². The number of carbonyl (C=O) groups is 1. The van der Waals surface area contributed by atoms with Gasteiger partial charge in [0.25, 0.3) is 5.91 Å². The quantitative estimate of drug-likeness (QED) is 0.716. The molecule has 0 saturated carbocycles. The standard InChI is InChI=1S/C19H27N3O3Si/c1-5-26(6-2,7-3)25-17-12-13-24-18(14(17)4)19(23)22-16-11-9-8-10-15(16)20-21-22/h8-14,17-18H,5-7H2,1-4H3/t14-,17+,18-/m1/s1. The summed E-state index contributed by atoms with van der Waals surface area (Å²) in [6.45, 7) is 8.63. The van der Waals surface area contributed by atoms with E-state index in [0.717, 1.165) is 18.1 Å². The minimum absolute atomic E-state index is 0.0908. The molecule has 2 heterocycles. The molecule has 7 heteroatoms. The van der Waals surface area contributed by atoms with Crippen molar-refractivity contribution in [3.05, 3.63) is 36.6 Å². The fourth-order valence-electron chi connectivity index (χ4n) is 3.55. The Morgan fingerprint density at radius 2 is 1.92 bits per heavy atom. The van der Waals surface area contributed by atoms with Crippen molar-refractivity contribution in [2.45, 2.75) is 58.0 Å². The van der Waals surface area contributed by atoms with Crippen molar-refractivity contribution < 1.29 is 14.0 Å². The molecule has 0 amide bonds. The van der Waals surface area contributed by atoms with E-state index in [4.69, 9.17) is 9.16 Å². The number of ether oxygens (including phenoxy) is 1. The van der Waals surface area contributed by atoms with Crippen LogP contribution < -0.4 is 0 Å². The van der Waals surface area contributed by atoms with Gasteiger partial charge in [0.2, 0.25) is 0 Å². The third kappa shape index (κ3) is 3.33. The Balaban J connectivity index is 1.83. The highest BCUT2D eigenvalue weighted by Crippen LogP contribution is 2.30. The molecule has 0 N–H and O–H groups in total. The molecule has 1 aromatic carbocycles. The van der Waals surface area contributed by atoms with Crippen molar-refractivity contribution >= 4 is 25.3 Å². The normalized spacial score (nSPS) is 23.2. The van der Waals surface area contributed by atoms with Crippen LogP contribution in [0, 0.1) is 5.92 Å². The molecule has 140 valence electrons. The van der Waals surface area contributed by atoms with Gasteiger partial charge in [-0.3, -0.25) is 4.79 Å². The van der Waals surface area contributed by atoms with Gasteiger partial charge in [-0.25, -0.2) is 0 Å². The van der Waals surface area contributed by atoms with Gasteiger partial charge in [-0.05, 0) is 36.3 Å². The van der Waals surface area contributed by atoms with Gasteiger partial charge < -0.3 is 9.16 Å². The largest absolute Gasteiger partial charge is 0.488 e. The van der Waals surface area contributed by atoms with Gasteiger partial charge in [-0.2, -0.15) is 4.68 Å². The van der Waals surface area contributed by atoms with Gasteiger partial charge in [0.05, 0.1) is 17.9 Å². The number of carbonyl (C=O) groups excluding carboxylic acids is 1. The van der Waals surface area contributed by atoms with Crippen LogP contribution >= 0.6 is 0 Å². The Hall–Kier alpha value is -1.99. The predicted molar refractivity (Wildman–Crippen MR) is 103 cm³/mol. The molecule has 2 aromatic rings. The summed E-state index contributed by atoms with van der Waals surface area (Å²) >= 11 is 0. The maximum Gasteiger partial charge on any atom is 0.290 e. The summed E-state index contributed by atoms with van der Waals surface area (Å²) in [7, 11) is -1.77. The Labute approximate surface area is 155 Å². The average molecular weight is 374 g/mol. The lowest BCUT2D eigenvalue weighted by Crippen LogP contribution is -2.48. The van der Waals surface area contributed by atoms with Crippen molar-refractivity contribution in [3.63, 3.8) is 0 Å². The second kappa shape index (κ2) is 7.71. The summed E-state index contributed by atoms with van der Waals surface area (Å²) in [5.41, 5.74) is 1.39. The number of nitrogens with zero attached hydrogens (tertiary/aromatic N) is 3. The highest BCUT2D eigenvalue weighted by atomic mass is 28.4. The van der Waals surface area contributed by atoms with Crippen LogP contribution in [-0.4, -0.2) is 41.4 Å². The van der Waals surface area contributed by atoms with Gasteiger partial charge in [0.15, 0.2) is 14.4 Å². The van der Waals surface area contributed by atoms with Crippen LogP contribution in [0.5, 0.6) is 0 Å². The van der Waals surface area contributed by atoms with Crippen LogP contribution in [0.2, 0.25) is 18.1 Å². The Morgan fingerprint density at radius 1 is 1.23 bits per heavy atom. The number of rotatable bonds is 6. The van der Waals surface area contributed by atoms with E-state index in [2.05, 4.69) is 31.1 Å². The number of benzene rings is 1. The van der Waals surface area contributed by atoms with Crippen LogP contribution in [0.1, 0.15) is 32.5 Å². The van der Waals surface area contributed by atoms with Gasteiger partial charge in [-0.1, -0.05) is 45.0 Å². The molecule has 26 heavy (non-hydrogen) atoms. The lowest BCUT2D eigenvalue weighted by molar-refractivity contribution is 0.0119. The average Bonchev–Trinajstić information content (AvgIpc) is 3.11. The molecule has 0 fully saturated rings. The highest BCUT2D eigenvalue weighted by Gasteiger charge is 2.40. The van der Waals surface area contributed by atoms with E-state index in [1.54, 1.807) is 6.26 Å². The predicted octanol–water partition coefficient (Wildman–Crippen LogP) is 4.01. The second-order valence-electron chi connectivity index (χ2n) is 6.90. The molecule has 1 aliphatic rings. The maximum absolute atomic E-state index is 13.1. The van der Waals surface area contributed by atoms with Crippen LogP contribution in [0.4, 0.5) is 0 Å². The van der Waals surface area contributed by atoms with E-state index < -0.39 is 14.4 Å². The first kappa shape index (κ1) is 18.8. The van der Waals surface area contributed by atoms with Gasteiger partial charge in [-0.15, -0.1) is 5.10 Å². The summed E-state index contributed by atoms with van der Waals surface area (Å²) in [6, 6.07) is 10.7. The zero-order valence-corrected chi connectivity index (χ0v) is 16.9. The van der Waals surface area contributed by atoms with Gasteiger partial charge >= 0.3 is 0 Å². The summed E-state index contributed by atoms with van der Waals surface area (Å²) in [6.07, 6.45) is 2.80. The molecule has 1 aliphatic heterocycles. The number of hydrogen-bond acceptors (Lipinski definition) is 5. The first-order valence-corrected chi connectivity index (χ1v) is 11.9. The molecule has 0 saturated heterocycles. The molecule has 0 spiro atoms. The zero-order chi connectivity index (χ0) is 18.7. The molecule has 0 aliphatic carbocycles. The van der Waals surface area contributed by atoms with Crippen molar-refractivity contribution in [1.82, 2.24) is 15.0 Å². The van der Waals surface area contributed by atoms with Crippen molar-refractivity contribution in [2.24, 2.45) is 5.92 Å². The van der Waals surface area contributed by atoms with Gasteiger partial charge in [0, 0.05) is 5.92 Å². The van der Waals surface area contributed by atoms with Crippen LogP contribution in [-0.2, 0) is 9.16 Å². The molecular weight excluding hydrogens is 346 g/mol. The maximum atomic E-state index is 13.1. The lowest BCUT2D eigenvalue weighted by atomic mass is 9.95. The van der Waals surface area contributed by atoms with E-state index in [0.29, 0.717) is 11.0 Å². The number of fused-ring (bicyclic) bond motifs is 1. The Morgan fingerprint density at radius 3 is 2.62 bits per heavy atom. The monoisotopic (exact) mass is 373 g/mol. The lowest BCUT2D eigenvalue weighted by Gasteiger charge is -2.38. The summed E-state index contributed by atoms with van der Waals surface area (Å²) in [5, 5.41) is 8.11. The van der Waals surface area contributed by atoms with Crippen LogP contribution in [0.25, 0.3) is 11.0 Å². The van der Waals surface area contributed by atoms with E-state index in [1.165, 1.54) is 4.68 Å². The molecular formula is C19H27N3O3Si. The fraction of sp³-hybridized carbons (Fsp3) is 0.526. The first-order valence-electron chi connectivity index (χ1n) is 9.39. The number of para-hydroxylation sites is 1. The van der Waals surface area contributed by atoms with Crippen LogP contribution in [0.15, 0.2) is 36.6 Å². The highest BCUT2D eigenvalue weighted by molar-refractivity contribution is 6.73. The Bertz CT molecular complexity index is 792. The summed E-state index contributed by atoms with van der Waals surface area (Å²) in [5.74, 6) is -0.298. The van der Waals surface area contributed by atoms with E-state index in [-0.39, 0.29) is 17.9 Å². The SMILES string of the molecule is CC[Si](CC)(CC)O[C@H]1C=CO[C@@H](C(=O)n2nnc3ccccc32)[C@@H]1C. The Kier molecular flexibility index (Phi) is 5.57. The molecule has 0 unspecified atom stereocenters. The number of hydrogen-bond donors (Lipinski definition) is 0. The number of aromatic nitrogens is 3. The van der Waals surface area contributed by atoms with Crippen molar-refractivity contribution in [2.75, 3.05) is 0 Å². The second-order valence-corrected chi connectivity index (χ2v) is 11.6. The zero-order valence-electron chi connectivity index (χ0n) is 15.9. The molecule has 3 rings (SSSR count). The minimum Gasteiger partial charge on any atom is -0.488 e. The molecule has 3 atom stereocenters. The van der Waals surface area contributed by atoms with Crippen molar-refractivity contribution in [3.8, 4) is 0 Å². The fourth-order valence-corrected chi connectivity index (χ4v) is 6.42. The summed E-state index contributed by atoms with van der Waals surface area (Å²) < 4.78 is 13.6. The first-order chi connectivity index (χ1) is 12.5. The van der Waals surface area contributed by atoms with Crippen molar-refractivity contribution in [1.29, 1.82) is 0 Å². The van der Waals surface area contributed by atoms with E-state index in [9.17, 15) is 4.79 Å². The summed E-state index contributed by atoms with van der Waals surface area (Å²) in [4.78, 5) is 13.1. The third-order valence-corrected chi connectivity index (χ3v) is 10.3. The van der Waals surface area contributed by atoms with Gasteiger partial charge in [0.1, 0.15) is 5.52 Å². The molecule has 0 radical (unpaired) electrons. The molecule has 6 nitrogen and oxygen atoms in total. The molecule has 0 bridgehead atoms.